The molecule has 1 N–H and O–H groups in total. The summed E-state index contributed by atoms with van der Waals surface area (Å²) >= 11 is 0. The maximum atomic E-state index is 13.1. The maximum absolute atomic E-state index is 13.1. The van der Waals surface area contributed by atoms with Crippen molar-refractivity contribution >= 4 is 11.8 Å². The van der Waals surface area contributed by atoms with E-state index in [4.69, 9.17) is 0 Å². The predicted molar refractivity (Wildman–Crippen MR) is 78.6 cm³/mol. The minimum Gasteiger partial charge on any atom is -0.387 e. The fourth-order valence-electron chi connectivity index (χ4n) is 3.73. The number of imide groups is 1. The van der Waals surface area contributed by atoms with E-state index in [1.807, 2.05) is 0 Å². The van der Waals surface area contributed by atoms with Gasteiger partial charge in [-0.1, -0.05) is 31.0 Å². The third-order valence-electron chi connectivity index (χ3n) is 4.91. The third kappa shape index (κ3) is 2.92. The van der Waals surface area contributed by atoms with Crippen LogP contribution in [0.5, 0.6) is 0 Å². The largest absolute Gasteiger partial charge is 0.416 e. The molecule has 24 heavy (non-hydrogen) atoms. The highest BCUT2D eigenvalue weighted by Gasteiger charge is 2.48. The van der Waals surface area contributed by atoms with Gasteiger partial charge in [-0.05, 0) is 24.5 Å². The molecule has 0 spiro atoms. The Morgan fingerprint density at radius 2 is 1.62 bits per heavy atom. The van der Waals surface area contributed by atoms with E-state index in [0.29, 0.717) is 12.8 Å². The number of aliphatic hydroxyl groups is 1. The molecule has 4 nitrogen and oxygen atoms in total. The number of likely N-dealkylation sites (tertiary alicyclic amines) is 1. The van der Waals surface area contributed by atoms with Crippen molar-refractivity contribution in [2.75, 3.05) is 6.54 Å². The van der Waals surface area contributed by atoms with Crippen LogP contribution in [0.1, 0.15) is 42.9 Å². The van der Waals surface area contributed by atoms with Crippen LogP contribution in [0.25, 0.3) is 0 Å². The summed E-state index contributed by atoms with van der Waals surface area (Å²) in [5, 5.41) is 10.2. The lowest BCUT2D eigenvalue weighted by Gasteiger charge is -2.22. The minimum atomic E-state index is -4.61. The Morgan fingerprint density at radius 3 is 2.17 bits per heavy atom. The average Bonchev–Trinajstić information content (AvgIpc) is 2.79. The Labute approximate surface area is 137 Å². The molecule has 130 valence electrons. The monoisotopic (exact) mass is 341 g/mol. The van der Waals surface area contributed by atoms with E-state index in [-0.39, 0.29) is 29.2 Å². The summed E-state index contributed by atoms with van der Waals surface area (Å²) < 4.78 is 39.2. The molecular weight excluding hydrogens is 323 g/mol. The van der Waals surface area contributed by atoms with Gasteiger partial charge in [0.15, 0.2) is 0 Å². The zero-order chi connectivity index (χ0) is 17.5. The summed E-state index contributed by atoms with van der Waals surface area (Å²) in [5.41, 5.74) is -1.27. The Hall–Kier alpha value is -1.89. The zero-order valence-corrected chi connectivity index (χ0v) is 12.9. The number of aliphatic hydroxyl groups excluding tert-OH is 1. The topological polar surface area (TPSA) is 57.6 Å². The van der Waals surface area contributed by atoms with E-state index in [1.165, 1.54) is 18.2 Å². The number of β-amino-alcohol motifs (C(OH)–C–C–N with tert-alkyl or cyclic N) is 1. The van der Waals surface area contributed by atoms with Gasteiger partial charge in [0.1, 0.15) is 0 Å². The molecule has 7 heteroatoms. The summed E-state index contributed by atoms with van der Waals surface area (Å²) in [6.45, 7) is -0.433. The molecule has 2 amide bonds. The molecule has 3 atom stereocenters. The molecule has 0 aromatic heterocycles. The van der Waals surface area contributed by atoms with Crippen LogP contribution in [0.15, 0.2) is 24.3 Å². The van der Waals surface area contributed by atoms with Crippen LogP contribution in [0.3, 0.4) is 0 Å². The number of halogens is 3. The van der Waals surface area contributed by atoms with Crippen LogP contribution in [-0.2, 0) is 15.8 Å². The number of carbonyl (C=O) groups is 2. The van der Waals surface area contributed by atoms with Gasteiger partial charge < -0.3 is 5.11 Å². The van der Waals surface area contributed by atoms with E-state index in [9.17, 15) is 27.9 Å². The predicted octanol–water partition coefficient (Wildman–Crippen LogP) is 2.91. The van der Waals surface area contributed by atoms with Gasteiger partial charge in [0.05, 0.1) is 30.0 Å². The molecule has 2 aliphatic rings. The summed E-state index contributed by atoms with van der Waals surface area (Å²) in [6, 6.07) is 4.68. The van der Waals surface area contributed by atoms with Crippen molar-refractivity contribution < 1.29 is 27.9 Å². The molecule has 1 aromatic carbocycles. The molecule has 3 rings (SSSR count). The first-order valence-electron chi connectivity index (χ1n) is 8.00. The molecule has 1 heterocycles. The Kier molecular flexibility index (Phi) is 4.38. The van der Waals surface area contributed by atoms with Crippen molar-refractivity contribution in [2.24, 2.45) is 11.8 Å². The normalized spacial score (nSPS) is 25.8. The van der Waals surface area contributed by atoms with E-state index >= 15 is 0 Å². The summed E-state index contributed by atoms with van der Waals surface area (Å²) in [5.74, 6) is -1.49. The summed E-state index contributed by atoms with van der Waals surface area (Å²) in [7, 11) is 0. The molecule has 2 fully saturated rings. The fraction of sp³-hybridized carbons (Fsp3) is 0.529. The van der Waals surface area contributed by atoms with Crippen molar-refractivity contribution in [1.29, 1.82) is 0 Å². The first kappa shape index (κ1) is 17.0. The van der Waals surface area contributed by atoms with Crippen LogP contribution in [-0.4, -0.2) is 28.4 Å². The van der Waals surface area contributed by atoms with Crippen molar-refractivity contribution in [3.8, 4) is 0 Å². The van der Waals surface area contributed by atoms with Gasteiger partial charge in [-0.2, -0.15) is 13.2 Å². The van der Waals surface area contributed by atoms with Crippen LogP contribution < -0.4 is 0 Å². The molecule has 1 saturated heterocycles. The fourth-order valence-corrected chi connectivity index (χ4v) is 3.73. The summed E-state index contributed by atoms with van der Waals surface area (Å²) in [6.07, 6.45) is -3.18. The van der Waals surface area contributed by atoms with Crippen LogP contribution in [0.4, 0.5) is 13.2 Å². The van der Waals surface area contributed by atoms with Gasteiger partial charge in [0, 0.05) is 0 Å². The molecule has 0 unspecified atom stereocenters. The van der Waals surface area contributed by atoms with Gasteiger partial charge in [0.2, 0.25) is 11.8 Å². The quantitative estimate of drug-likeness (QED) is 0.860. The maximum Gasteiger partial charge on any atom is 0.416 e. The lowest BCUT2D eigenvalue weighted by Crippen LogP contribution is -2.35. The second-order valence-corrected chi connectivity index (χ2v) is 6.39. The van der Waals surface area contributed by atoms with Crippen molar-refractivity contribution in [1.82, 2.24) is 4.90 Å². The number of alkyl halides is 3. The first-order chi connectivity index (χ1) is 11.3. The highest BCUT2D eigenvalue weighted by atomic mass is 19.4. The number of nitrogens with zero attached hydrogens (tertiary/aromatic N) is 1. The van der Waals surface area contributed by atoms with Gasteiger partial charge in [0.25, 0.3) is 0 Å². The van der Waals surface area contributed by atoms with Crippen molar-refractivity contribution in [2.45, 2.75) is 38.0 Å². The van der Waals surface area contributed by atoms with Crippen molar-refractivity contribution in [3.63, 3.8) is 0 Å². The lowest BCUT2D eigenvalue weighted by molar-refractivity contribution is -0.142. The Morgan fingerprint density at radius 1 is 1.08 bits per heavy atom. The SMILES string of the molecule is O=C1[C@H]2CCCC[C@H]2C(=O)N1C[C@@H](O)c1ccccc1C(F)(F)F. The molecular formula is C17H18F3NO3. The third-order valence-corrected chi connectivity index (χ3v) is 4.91. The molecule has 1 aliphatic carbocycles. The number of carbonyl (C=O) groups excluding carboxylic acids is 2. The van der Waals surface area contributed by atoms with Crippen molar-refractivity contribution in [3.05, 3.63) is 35.4 Å². The highest BCUT2D eigenvalue weighted by molar-refractivity contribution is 6.05. The Balaban J connectivity index is 1.82. The van der Waals surface area contributed by atoms with Crippen LogP contribution in [0.2, 0.25) is 0 Å². The zero-order valence-electron chi connectivity index (χ0n) is 12.9. The van der Waals surface area contributed by atoms with Crippen LogP contribution >= 0.6 is 0 Å². The number of fused-ring (bicyclic) bond motifs is 1. The number of amides is 2. The number of hydrogen-bond donors (Lipinski definition) is 1. The van der Waals surface area contributed by atoms with Gasteiger partial charge in [-0.15, -0.1) is 0 Å². The molecule has 0 bridgehead atoms. The molecule has 1 aliphatic heterocycles. The van der Waals surface area contributed by atoms with Gasteiger partial charge in [-0.3, -0.25) is 14.5 Å². The number of benzene rings is 1. The van der Waals surface area contributed by atoms with E-state index < -0.39 is 24.4 Å². The lowest BCUT2D eigenvalue weighted by atomic mass is 9.81. The van der Waals surface area contributed by atoms with Crippen LogP contribution in [0, 0.1) is 11.8 Å². The minimum absolute atomic E-state index is 0.319. The van der Waals surface area contributed by atoms with Gasteiger partial charge in [-0.25, -0.2) is 0 Å². The van der Waals surface area contributed by atoms with E-state index in [1.54, 1.807) is 0 Å². The molecule has 0 radical (unpaired) electrons. The molecule has 1 saturated carbocycles. The summed E-state index contributed by atoms with van der Waals surface area (Å²) in [4.78, 5) is 25.7. The van der Waals surface area contributed by atoms with E-state index in [2.05, 4.69) is 0 Å². The smallest absolute Gasteiger partial charge is 0.387 e. The van der Waals surface area contributed by atoms with Gasteiger partial charge >= 0.3 is 6.18 Å². The van der Waals surface area contributed by atoms with E-state index in [0.717, 1.165) is 23.8 Å². The second kappa shape index (κ2) is 6.20. The molecule has 1 aromatic rings. The standard InChI is InChI=1S/C17H18F3NO3/c18-17(19,20)13-8-4-3-7-12(13)14(22)9-21-15(23)10-5-1-2-6-11(10)16(21)24/h3-4,7-8,10-11,14,22H,1-2,5-6,9H2/t10-,11+,14-/m1/s1. The number of rotatable bonds is 3. The second-order valence-electron chi connectivity index (χ2n) is 6.39. The average molecular weight is 341 g/mol. The highest BCUT2D eigenvalue weighted by Crippen LogP contribution is 2.40. The first-order valence-corrected chi connectivity index (χ1v) is 8.00. The Bertz CT molecular complexity index is 635. The number of hydrogen-bond acceptors (Lipinski definition) is 3.